The Labute approximate surface area is 327 Å². The zero-order chi connectivity index (χ0) is 36.3. The molecule has 1 unspecified atom stereocenters. The van der Waals surface area contributed by atoms with Crippen molar-refractivity contribution in [2.75, 3.05) is 0 Å². The molecule has 4 nitrogen and oxygen atoms in total. The quantitative estimate of drug-likeness (QED) is 0.191. The number of aromatic nitrogens is 1. The maximum atomic E-state index is 5.13. The molecule has 55 heavy (non-hydrogen) atoms. The standard InChI is InChI=1S/C49H32N4S2/c1-3-13-31(14-4-1)47-50-48(32-15-5-2-6-16-32)52-49(51-47)37-21-11-19-33(25-37)34-20-12-22-38(26-34)53-41-24-10-9-23-39(41)40-29-45-46(30-42(40)53)55-44-28-36-18-8-7-17-35(36)27-43(44)54-45/h1-30,49H,(H,50,51,52). The molecule has 260 valence electrons. The molecule has 0 saturated heterocycles. The minimum absolute atomic E-state index is 0.298. The van der Waals surface area contributed by atoms with E-state index >= 15 is 0 Å². The van der Waals surface area contributed by atoms with E-state index in [1.165, 1.54) is 52.2 Å². The lowest BCUT2D eigenvalue weighted by Crippen LogP contribution is -2.33. The van der Waals surface area contributed by atoms with Crippen LogP contribution < -0.4 is 5.32 Å². The number of amidine groups is 2. The Balaban J connectivity index is 0.987. The molecule has 0 bridgehead atoms. The fraction of sp³-hybridized carbons (Fsp3) is 0.0204. The summed E-state index contributed by atoms with van der Waals surface area (Å²) in [4.78, 5) is 15.3. The summed E-state index contributed by atoms with van der Waals surface area (Å²) in [5.74, 6) is 1.53. The maximum absolute atomic E-state index is 5.13. The molecule has 0 spiro atoms. The average Bonchev–Trinajstić information content (AvgIpc) is 3.57. The van der Waals surface area contributed by atoms with Gasteiger partial charge in [0.2, 0.25) is 0 Å². The highest BCUT2D eigenvalue weighted by Gasteiger charge is 2.23. The monoisotopic (exact) mass is 740 g/mol. The third-order valence-electron chi connectivity index (χ3n) is 10.5. The predicted molar refractivity (Wildman–Crippen MR) is 230 cm³/mol. The summed E-state index contributed by atoms with van der Waals surface area (Å²) in [6.45, 7) is 0. The van der Waals surface area contributed by atoms with Crippen molar-refractivity contribution in [3.8, 4) is 16.8 Å². The number of hydrogen-bond acceptors (Lipinski definition) is 5. The first-order chi connectivity index (χ1) is 27.2. The first-order valence-electron chi connectivity index (χ1n) is 18.4. The first kappa shape index (κ1) is 32.1. The predicted octanol–water partition coefficient (Wildman–Crippen LogP) is 12.7. The van der Waals surface area contributed by atoms with Crippen molar-refractivity contribution >= 4 is 67.8 Å². The van der Waals surface area contributed by atoms with Crippen molar-refractivity contribution in [1.82, 2.24) is 9.88 Å². The van der Waals surface area contributed by atoms with Crippen LogP contribution in [0, 0.1) is 0 Å². The van der Waals surface area contributed by atoms with Crippen LogP contribution in [0.1, 0.15) is 22.9 Å². The van der Waals surface area contributed by atoms with Crippen LogP contribution in [0.15, 0.2) is 212 Å². The van der Waals surface area contributed by atoms with Gasteiger partial charge in [0.15, 0.2) is 5.84 Å². The van der Waals surface area contributed by atoms with Crippen LogP contribution in [-0.4, -0.2) is 16.2 Å². The van der Waals surface area contributed by atoms with E-state index in [0.717, 1.165) is 45.2 Å². The van der Waals surface area contributed by atoms with Gasteiger partial charge < -0.3 is 9.88 Å². The van der Waals surface area contributed by atoms with E-state index in [-0.39, 0.29) is 6.17 Å². The second-order valence-electron chi connectivity index (χ2n) is 13.9. The summed E-state index contributed by atoms with van der Waals surface area (Å²) in [5.41, 5.74) is 8.92. The van der Waals surface area contributed by atoms with Gasteiger partial charge in [-0.05, 0) is 76.0 Å². The van der Waals surface area contributed by atoms with E-state index in [1.807, 2.05) is 59.9 Å². The smallest absolute Gasteiger partial charge is 0.159 e. The molecule has 0 radical (unpaired) electrons. The molecule has 3 heterocycles. The van der Waals surface area contributed by atoms with Gasteiger partial charge in [-0.1, -0.05) is 157 Å². The highest BCUT2D eigenvalue weighted by Crippen LogP contribution is 2.51. The molecule has 11 rings (SSSR count). The molecule has 0 amide bonds. The molecule has 1 N–H and O–H groups in total. The van der Waals surface area contributed by atoms with Crippen LogP contribution in [0.2, 0.25) is 0 Å². The van der Waals surface area contributed by atoms with Crippen molar-refractivity contribution in [2.24, 2.45) is 9.98 Å². The topological polar surface area (TPSA) is 41.7 Å². The normalized spacial score (nSPS) is 14.9. The zero-order valence-electron chi connectivity index (χ0n) is 29.6. The number of para-hydroxylation sites is 1. The number of nitrogens with zero attached hydrogens (tertiary/aromatic N) is 3. The van der Waals surface area contributed by atoms with Gasteiger partial charge in [0, 0.05) is 47.2 Å². The number of hydrogen-bond donors (Lipinski definition) is 1. The third-order valence-corrected chi connectivity index (χ3v) is 12.9. The lowest BCUT2D eigenvalue weighted by atomic mass is 10.0. The van der Waals surface area contributed by atoms with E-state index in [1.54, 1.807) is 0 Å². The fourth-order valence-electron chi connectivity index (χ4n) is 7.80. The number of nitrogens with one attached hydrogen (secondary N) is 1. The van der Waals surface area contributed by atoms with Crippen molar-refractivity contribution in [2.45, 2.75) is 25.7 Å². The molecule has 0 fully saturated rings. The van der Waals surface area contributed by atoms with Gasteiger partial charge in [0.05, 0.1) is 11.0 Å². The van der Waals surface area contributed by atoms with E-state index in [4.69, 9.17) is 9.98 Å². The van der Waals surface area contributed by atoms with E-state index < -0.39 is 0 Å². The molecule has 6 heteroatoms. The summed E-state index contributed by atoms with van der Waals surface area (Å²) in [5, 5.41) is 8.72. The number of rotatable bonds is 5. The van der Waals surface area contributed by atoms with Gasteiger partial charge in [-0.3, -0.25) is 0 Å². The van der Waals surface area contributed by atoms with Gasteiger partial charge in [-0.2, -0.15) is 0 Å². The molecule has 0 saturated carbocycles. The van der Waals surface area contributed by atoms with Crippen molar-refractivity contribution in [1.29, 1.82) is 0 Å². The van der Waals surface area contributed by atoms with Crippen LogP contribution in [-0.2, 0) is 0 Å². The van der Waals surface area contributed by atoms with E-state index in [2.05, 4.69) is 155 Å². The van der Waals surface area contributed by atoms with Crippen LogP contribution in [0.4, 0.5) is 0 Å². The second-order valence-corrected chi connectivity index (χ2v) is 16.1. The summed E-state index contributed by atoms with van der Waals surface area (Å²) < 4.78 is 2.43. The largest absolute Gasteiger partial charge is 0.344 e. The van der Waals surface area contributed by atoms with Gasteiger partial charge in [0.25, 0.3) is 0 Å². The first-order valence-corrected chi connectivity index (χ1v) is 20.1. The van der Waals surface area contributed by atoms with Gasteiger partial charge in [0.1, 0.15) is 12.0 Å². The number of aliphatic imine (C=N–C) groups is 2. The summed E-state index contributed by atoms with van der Waals surface area (Å²) in [6.07, 6.45) is -0.298. The summed E-state index contributed by atoms with van der Waals surface area (Å²) >= 11 is 3.76. The van der Waals surface area contributed by atoms with Crippen LogP contribution in [0.25, 0.3) is 49.4 Å². The molecule has 1 atom stereocenters. The molecule has 8 aromatic carbocycles. The van der Waals surface area contributed by atoms with Crippen LogP contribution in [0.5, 0.6) is 0 Å². The molecule has 0 aliphatic carbocycles. The molecular weight excluding hydrogens is 709 g/mol. The van der Waals surface area contributed by atoms with E-state index in [9.17, 15) is 0 Å². The summed E-state index contributed by atoms with van der Waals surface area (Å²) in [7, 11) is 0. The SMILES string of the molecule is c1ccc(C2=NC(c3cccc(-c4cccc(-n5c6ccccc6c6cc7c(cc65)Sc5cc6ccccc6cc5S7)c4)c3)NC(c3ccccc3)=N2)cc1. The Kier molecular flexibility index (Phi) is 7.71. The van der Waals surface area contributed by atoms with Crippen molar-refractivity contribution < 1.29 is 0 Å². The molecule has 2 aliphatic heterocycles. The second kappa shape index (κ2) is 13.2. The minimum Gasteiger partial charge on any atom is -0.344 e. The van der Waals surface area contributed by atoms with Gasteiger partial charge in [-0.25, -0.2) is 9.98 Å². The highest BCUT2D eigenvalue weighted by atomic mass is 32.2. The lowest BCUT2D eigenvalue weighted by Gasteiger charge is -2.24. The Morgan fingerprint density at radius 3 is 1.82 bits per heavy atom. The Morgan fingerprint density at radius 2 is 1.05 bits per heavy atom. The number of benzene rings is 8. The summed E-state index contributed by atoms with van der Waals surface area (Å²) in [6, 6.07) is 65.1. The van der Waals surface area contributed by atoms with Crippen molar-refractivity contribution in [3.63, 3.8) is 0 Å². The van der Waals surface area contributed by atoms with Crippen LogP contribution >= 0.6 is 23.5 Å². The van der Waals surface area contributed by atoms with Gasteiger partial charge in [-0.15, -0.1) is 0 Å². The third kappa shape index (κ3) is 5.73. The molecule has 9 aromatic rings. The Morgan fingerprint density at radius 1 is 0.455 bits per heavy atom. The van der Waals surface area contributed by atoms with E-state index in [0.29, 0.717) is 0 Å². The zero-order valence-corrected chi connectivity index (χ0v) is 31.2. The van der Waals surface area contributed by atoms with Crippen molar-refractivity contribution in [3.05, 3.63) is 199 Å². The average molecular weight is 741 g/mol. The van der Waals surface area contributed by atoms with Crippen LogP contribution in [0.3, 0.4) is 0 Å². The molecular formula is C49H32N4S2. The lowest BCUT2D eigenvalue weighted by molar-refractivity contribution is 0.674. The van der Waals surface area contributed by atoms with Gasteiger partial charge >= 0.3 is 0 Å². The molecule has 1 aromatic heterocycles. The minimum atomic E-state index is -0.298. The highest BCUT2D eigenvalue weighted by molar-refractivity contribution is 8.05. The number of fused-ring (bicyclic) bond motifs is 6. The molecule has 2 aliphatic rings. The maximum Gasteiger partial charge on any atom is 0.159 e. The Bertz CT molecular complexity index is 3020. The fourth-order valence-corrected chi connectivity index (χ4v) is 10.1. The Hall–Kier alpha value is -6.34.